The van der Waals surface area contributed by atoms with Gasteiger partial charge in [-0.15, -0.1) is 0 Å². The van der Waals surface area contributed by atoms with Crippen LogP contribution in [0.2, 0.25) is 0 Å². The Morgan fingerprint density at radius 3 is 2.36 bits per heavy atom. The van der Waals surface area contributed by atoms with Crippen molar-refractivity contribution >= 4 is 17.5 Å². The summed E-state index contributed by atoms with van der Waals surface area (Å²) in [5, 5.41) is 6.61. The van der Waals surface area contributed by atoms with Crippen molar-refractivity contribution in [3.63, 3.8) is 0 Å². The molecule has 0 atom stereocenters. The van der Waals surface area contributed by atoms with Gasteiger partial charge in [0.15, 0.2) is 0 Å². The minimum absolute atomic E-state index is 0.522. The number of aromatic nitrogens is 3. The number of benzene rings is 1. The molecule has 2 heterocycles. The molecule has 0 aliphatic carbocycles. The predicted molar refractivity (Wildman–Crippen MR) is 102 cm³/mol. The summed E-state index contributed by atoms with van der Waals surface area (Å²) < 4.78 is 0. The second kappa shape index (κ2) is 7.75. The summed E-state index contributed by atoms with van der Waals surface area (Å²) in [7, 11) is 0. The first kappa shape index (κ1) is 16.9. The van der Waals surface area contributed by atoms with E-state index < -0.39 is 0 Å². The highest BCUT2D eigenvalue weighted by molar-refractivity contribution is 5.56. The topological polar surface area (TPSA) is 62.7 Å². The van der Waals surface area contributed by atoms with E-state index >= 15 is 0 Å². The van der Waals surface area contributed by atoms with E-state index in [4.69, 9.17) is 0 Å². The molecule has 3 aromatic rings. The van der Waals surface area contributed by atoms with Crippen LogP contribution in [-0.2, 0) is 6.54 Å². The molecule has 0 spiro atoms. The van der Waals surface area contributed by atoms with Gasteiger partial charge in [-0.25, -0.2) is 4.98 Å². The lowest BCUT2D eigenvalue weighted by Gasteiger charge is -2.11. The minimum atomic E-state index is 0.522. The summed E-state index contributed by atoms with van der Waals surface area (Å²) in [6.07, 6.45) is 3.58. The maximum absolute atomic E-state index is 4.55. The third-order valence-electron chi connectivity index (χ3n) is 3.91. The molecule has 5 nitrogen and oxygen atoms in total. The quantitative estimate of drug-likeness (QED) is 0.687. The Labute approximate surface area is 148 Å². The lowest BCUT2D eigenvalue weighted by atomic mass is 10.0. The number of rotatable bonds is 6. The second-order valence-corrected chi connectivity index (χ2v) is 6.33. The molecule has 128 valence electrons. The maximum atomic E-state index is 4.55. The van der Waals surface area contributed by atoms with Gasteiger partial charge in [0.1, 0.15) is 5.82 Å². The third kappa shape index (κ3) is 4.76. The summed E-state index contributed by atoms with van der Waals surface area (Å²) in [5.74, 6) is 1.91. The molecule has 0 aliphatic rings. The number of hydrogen-bond donors (Lipinski definition) is 2. The highest BCUT2D eigenvalue weighted by atomic mass is 15.1. The number of pyridine rings is 1. The lowest BCUT2D eigenvalue weighted by molar-refractivity contribution is 0.867. The molecular formula is C20H23N5. The molecule has 0 unspecified atom stereocenters. The van der Waals surface area contributed by atoms with Crippen molar-refractivity contribution in [3.05, 3.63) is 71.7 Å². The van der Waals surface area contributed by atoms with E-state index in [2.05, 4.69) is 63.7 Å². The van der Waals surface area contributed by atoms with Crippen LogP contribution in [0, 0.1) is 6.92 Å². The van der Waals surface area contributed by atoms with Gasteiger partial charge in [0.2, 0.25) is 5.95 Å². The van der Waals surface area contributed by atoms with Crippen LogP contribution in [0.1, 0.15) is 36.6 Å². The molecule has 0 amide bonds. The number of aryl methyl sites for hydroxylation is 1. The average molecular weight is 333 g/mol. The third-order valence-corrected chi connectivity index (χ3v) is 3.91. The van der Waals surface area contributed by atoms with Crippen molar-refractivity contribution < 1.29 is 0 Å². The van der Waals surface area contributed by atoms with Crippen molar-refractivity contribution in [3.8, 4) is 0 Å². The molecule has 2 aromatic heterocycles. The SMILES string of the molecule is Cc1cc(NCc2ccncc2)nc(Nc2ccc(C(C)C)cc2)n1. The smallest absolute Gasteiger partial charge is 0.229 e. The highest BCUT2D eigenvalue weighted by Gasteiger charge is 2.04. The number of nitrogens with one attached hydrogen (secondary N) is 2. The largest absolute Gasteiger partial charge is 0.366 e. The molecule has 1 aromatic carbocycles. The van der Waals surface area contributed by atoms with Gasteiger partial charge in [-0.05, 0) is 48.2 Å². The molecule has 5 heteroatoms. The lowest BCUT2D eigenvalue weighted by Crippen LogP contribution is -2.05. The second-order valence-electron chi connectivity index (χ2n) is 6.33. The first-order valence-corrected chi connectivity index (χ1v) is 8.45. The van der Waals surface area contributed by atoms with Crippen molar-refractivity contribution in [2.45, 2.75) is 33.2 Å². The van der Waals surface area contributed by atoms with E-state index in [-0.39, 0.29) is 0 Å². The van der Waals surface area contributed by atoms with Crippen molar-refractivity contribution in [2.75, 3.05) is 10.6 Å². The van der Waals surface area contributed by atoms with Gasteiger partial charge in [-0.3, -0.25) is 4.98 Å². The molecule has 0 bridgehead atoms. The Bertz CT molecular complexity index is 813. The zero-order valence-corrected chi connectivity index (χ0v) is 14.8. The Morgan fingerprint density at radius 1 is 0.960 bits per heavy atom. The predicted octanol–water partition coefficient (Wildman–Crippen LogP) is 4.66. The molecular weight excluding hydrogens is 310 g/mol. The van der Waals surface area contributed by atoms with Crippen LogP contribution in [0.15, 0.2) is 54.9 Å². The van der Waals surface area contributed by atoms with Crippen LogP contribution in [0.3, 0.4) is 0 Å². The Hall–Kier alpha value is -2.95. The van der Waals surface area contributed by atoms with E-state index in [9.17, 15) is 0 Å². The number of anilines is 3. The van der Waals surface area contributed by atoms with E-state index in [1.54, 1.807) is 12.4 Å². The zero-order valence-electron chi connectivity index (χ0n) is 14.8. The molecule has 25 heavy (non-hydrogen) atoms. The number of nitrogens with zero attached hydrogens (tertiary/aromatic N) is 3. The molecule has 0 saturated carbocycles. The molecule has 0 fully saturated rings. The van der Waals surface area contributed by atoms with E-state index in [0.29, 0.717) is 18.4 Å². The Morgan fingerprint density at radius 2 is 1.68 bits per heavy atom. The van der Waals surface area contributed by atoms with Crippen LogP contribution in [0.25, 0.3) is 0 Å². The first-order valence-electron chi connectivity index (χ1n) is 8.45. The van der Waals surface area contributed by atoms with Gasteiger partial charge >= 0.3 is 0 Å². The highest BCUT2D eigenvalue weighted by Crippen LogP contribution is 2.20. The summed E-state index contributed by atoms with van der Waals surface area (Å²) in [6.45, 7) is 7.04. The van der Waals surface area contributed by atoms with Crippen LogP contribution < -0.4 is 10.6 Å². The van der Waals surface area contributed by atoms with E-state index in [1.807, 2.05) is 25.1 Å². The Balaban J connectivity index is 1.70. The molecule has 0 saturated heterocycles. The Kier molecular flexibility index (Phi) is 5.23. The average Bonchev–Trinajstić information content (AvgIpc) is 2.61. The molecule has 0 radical (unpaired) electrons. The summed E-state index contributed by atoms with van der Waals surface area (Å²) in [4.78, 5) is 13.1. The van der Waals surface area contributed by atoms with Gasteiger partial charge in [-0.1, -0.05) is 26.0 Å². The van der Waals surface area contributed by atoms with Crippen LogP contribution in [-0.4, -0.2) is 15.0 Å². The van der Waals surface area contributed by atoms with Gasteiger partial charge in [0.25, 0.3) is 0 Å². The summed E-state index contributed by atoms with van der Waals surface area (Å²) in [6, 6.07) is 14.3. The standard InChI is InChI=1S/C20H23N5/c1-14(2)17-4-6-18(7-5-17)24-20-23-15(3)12-19(25-20)22-13-16-8-10-21-11-9-16/h4-12,14H,13H2,1-3H3,(H2,22,23,24,25). The maximum Gasteiger partial charge on any atom is 0.229 e. The fourth-order valence-corrected chi connectivity index (χ4v) is 2.49. The normalized spacial score (nSPS) is 10.7. The summed E-state index contributed by atoms with van der Waals surface area (Å²) in [5.41, 5.74) is 4.36. The first-order chi connectivity index (χ1) is 12.1. The fraction of sp³-hybridized carbons (Fsp3) is 0.250. The monoisotopic (exact) mass is 333 g/mol. The van der Waals surface area contributed by atoms with Crippen LogP contribution in [0.4, 0.5) is 17.5 Å². The van der Waals surface area contributed by atoms with Gasteiger partial charge in [-0.2, -0.15) is 4.98 Å². The van der Waals surface area contributed by atoms with Gasteiger partial charge in [0, 0.05) is 36.4 Å². The van der Waals surface area contributed by atoms with Crippen LogP contribution in [0.5, 0.6) is 0 Å². The van der Waals surface area contributed by atoms with Crippen LogP contribution >= 0.6 is 0 Å². The summed E-state index contributed by atoms with van der Waals surface area (Å²) >= 11 is 0. The molecule has 0 aliphatic heterocycles. The van der Waals surface area contributed by atoms with E-state index in [0.717, 1.165) is 22.8 Å². The van der Waals surface area contributed by atoms with E-state index in [1.165, 1.54) is 5.56 Å². The minimum Gasteiger partial charge on any atom is -0.366 e. The number of hydrogen-bond acceptors (Lipinski definition) is 5. The van der Waals surface area contributed by atoms with Crippen molar-refractivity contribution in [2.24, 2.45) is 0 Å². The van der Waals surface area contributed by atoms with Gasteiger partial charge < -0.3 is 10.6 Å². The fourth-order valence-electron chi connectivity index (χ4n) is 2.49. The molecule has 2 N–H and O–H groups in total. The van der Waals surface area contributed by atoms with Crippen molar-refractivity contribution in [1.82, 2.24) is 15.0 Å². The van der Waals surface area contributed by atoms with Gasteiger partial charge in [0.05, 0.1) is 0 Å². The van der Waals surface area contributed by atoms with Crippen molar-refractivity contribution in [1.29, 1.82) is 0 Å². The molecule has 3 rings (SSSR count). The zero-order chi connectivity index (χ0) is 17.6.